The Morgan fingerprint density at radius 3 is 2.94 bits per heavy atom. The van der Waals surface area contributed by atoms with Gasteiger partial charge in [-0.1, -0.05) is 11.6 Å². The van der Waals surface area contributed by atoms with Crippen molar-refractivity contribution >= 4 is 22.6 Å². The summed E-state index contributed by atoms with van der Waals surface area (Å²) >= 11 is 0. The van der Waals surface area contributed by atoms with Crippen LogP contribution in [-0.4, -0.2) is 22.6 Å². The average molecular weight is 241 g/mol. The number of nitrogens with zero attached hydrogens (tertiary/aromatic N) is 2. The Kier molecular flexibility index (Phi) is 3.11. The van der Waals surface area contributed by atoms with Crippen molar-refractivity contribution < 1.29 is 9.90 Å². The highest BCUT2D eigenvalue weighted by atomic mass is 16.4. The number of rotatable bonds is 3. The molecule has 2 rings (SSSR count). The molecule has 0 atom stereocenters. The number of carboxylic acids is 1. The van der Waals surface area contributed by atoms with Gasteiger partial charge in [0.05, 0.1) is 5.52 Å². The van der Waals surface area contributed by atoms with Crippen LogP contribution in [-0.2, 0) is 4.79 Å². The molecule has 5 nitrogen and oxygen atoms in total. The Morgan fingerprint density at radius 1 is 1.50 bits per heavy atom. The van der Waals surface area contributed by atoms with Gasteiger partial charge in [-0.05, 0) is 25.1 Å². The number of nitrogens with one attached hydrogen (secondary N) is 1. The quantitative estimate of drug-likeness (QED) is 0.857. The normalized spacial score (nSPS) is 10.0. The molecular weight excluding hydrogens is 230 g/mol. The highest BCUT2D eigenvalue weighted by molar-refractivity contribution is 5.93. The van der Waals surface area contributed by atoms with Gasteiger partial charge in [0.1, 0.15) is 18.3 Å². The first-order chi connectivity index (χ1) is 8.60. The second-order valence-corrected chi connectivity index (χ2v) is 3.93. The fraction of sp³-hybridized carbons (Fsp3) is 0.154. The highest BCUT2D eigenvalue weighted by Crippen LogP contribution is 2.24. The van der Waals surface area contributed by atoms with Gasteiger partial charge >= 0.3 is 5.97 Å². The van der Waals surface area contributed by atoms with E-state index in [1.54, 1.807) is 6.07 Å². The lowest BCUT2D eigenvalue weighted by Gasteiger charge is -2.08. The second-order valence-electron chi connectivity index (χ2n) is 3.93. The Hall–Kier alpha value is -2.61. The Labute approximate surface area is 104 Å². The van der Waals surface area contributed by atoms with Crippen LogP contribution in [0.15, 0.2) is 24.3 Å². The summed E-state index contributed by atoms with van der Waals surface area (Å²) in [6.45, 7) is 1.75. The van der Waals surface area contributed by atoms with Gasteiger partial charge in [-0.15, -0.1) is 0 Å². The van der Waals surface area contributed by atoms with Crippen LogP contribution in [0.4, 0.5) is 5.69 Å². The van der Waals surface area contributed by atoms with E-state index < -0.39 is 5.97 Å². The largest absolute Gasteiger partial charge is 0.480 e. The first kappa shape index (κ1) is 11.9. The number of aryl methyl sites for hydroxylation is 1. The summed E-state index contributed by atoms with van der Waals surface area (Å²) < 4.78 is 0. The minimum absolute atomic E-state index is 0.197. The number of carbonyl (C=O) groups is 1. The minimum atomic E-state index is -0.953. The second kappa shape index (κ2) is 4.72. The zero-order valence-corrected chi connectivity index (χ0v) is 9.77. The highest BCUT2D eigenvalue weighted by Gasteiger charge is 2.07. The lowest BCUT2D eigenvalue weighted by atomic mass is 10.1. The number of aromatic nitrogens is 1. The van der Waals surface area contributed by atoms with Crippen molar-refractivity contribution in [1.82, 2.24) is 4.98 Å². The van der Waals surface area contributed by atoms with Gasteiger partial charge in [0.2, 0.25) is 0 Å². The molecule has 18 heavy (non-hydrogen) atoms. The standard InChI is InChI=1S/C13H11N3O2/c1-8-2-3-11-10(4-8)12(15-7-13(17)18)5-9(6-14)16-11/h2-5H,7H2,1H3,(H,15,16)(H,17,18). The number of aliphatic carboxylic acids is 1. The predicted octanol–water partition coefficient (Wildman–Crippen LogP) is 1.91. The van der Waals surface area contributed by atoms with E-state index in [9.17, 15) is 4.79 Å². The molecule has 0 aliphatic carbocycles. The average Bonchev–Trinajstić information content (AvgIpc) is 2.35. The molecule has 0 fully saturated rings. The Bertz CT molecular complexity index is 659. The maximum absolute atomic E-state index is 10.6. The zero-order chi connectivity index (χ0) is 13.1. The van der Waals surface area contributed by atoms with E-state index in [2.05, 4.69) is 10.3 Å². The molecule has 1 heterocycles. The lowest BCUT2D eigenvalue weighted by molar-refractivity contribution is -0.134. The van der Waals surface area contributed by atoms with Crippen LogP contribution < -0.4 is 5.32 Å². The number of benzene rings is 1. The summed E-state index contributed by atoms with van der Waals surface area (Å²) in [6.07, 6.45) is 0. The molecule has 0 aliphatic rings. The Morgan fingerprint density at radius 2 is 2.28 bits per heavy atom. The van der Waals surface area contributed by atoms with Crippen molar-refractivity contribution in [3.63, 3.8) is 0 Å². The van der Waals surface area contributed by atoms with Gasteiger partial charge in [-0.3, -0.25) is 4.79 Å². The number of fused-ring (bicyclic) bond motifs is 1. The van der Waals surface area contributed by atoms with Crippen LogP contribution in [0.3, 0.4) is 0 Å². The van der Waals surface area contributed by atoms with E-state index in [0.717, 1.165) is 10.9 Å². The van der Waals surface area contributed by atoms with E-state index >= 15 is 0 Å². The molecule has 0 unspecified atom stereocenters. The number of carboxylic acid groups (broad SMARTS) is 1. The van der Waals surface area contributed by atoms with Crippen molar-refractivity contribution in [3.05, 3.63) is 35.5 Å². The molecule has 0 saturated heterocycles. The maximum Gasteiger partial charge on any atom is 0.322 e. The number of hydrogen-bond acceptors (Lipinski definition) is 4. The van der Waals surface area contributed by atoms with Crippen LogP contribution in [0.5, 0.6) is 0 Å². The number of hydrogen-bond donors (Lipinski definition) is 2. The molecule has 5 heteroatoms. The Balaban J connectivity index is 2.56. The molecule has 0 radical (unpaired) electrons. The summed E-state index contributed by atoms with van der Waals surface area (Å²) in [6, 6.07) is 9.15. The van der Waals surface area contributed by atoms with Gasteiger partial charge in [0, 0.05) is 11.1 Å². The summed E-state index contributed by atoms with van der Waals surface area (Å²) in [5.41, 5.74) is 2.60. The summed E-state index contributed by atoms with van der Waals surface area (Å²) in [5, 5.41) is 21.2. The third-order valence-electron chi connectivity index (χ3n) is 2.51. The molecule has 0 spiro atoms. The fourth-order valence-corrected chi connectivity index (χ4v) is 1.71. The van der Waals surface area contributed by atoms with E-state index in [4.69, 9.17) is 10.4 Å². The van der Waals surface area contributed by atoms with Crippen LogP contribution in [0.2, 0.25) is 0 Å². The molecule has 0 aliphatic heterocycles. The van der Waals surface area contributed by atoms with Crippen molar-refractivity contribution in [2.75, 3.05) is 11.9 Å². The molecule has 90 valence electrons. The van der Waals surface area contributed by atoms with E-state index in [-0.39, 0.29) is 12.2 Å². The molecule has 1 aromatic carbocycles. The SMILES string of the molecule is Cc1ccc2nc(C#N)cc(NCC(=O)O)c2c1. The number of pyridine rings is 1. The molecular formula is C13H11N3O2. The first-order valence-electron chi connectivity index (χ1n) is 5.37. The van der Waals surface area contributed by atoms with Crippen molar-refractivity contribution in [1.29, 1.82) is 5.26 Å². The maximum atomic E-state index is 10.6. The monoisotopic (exact) mass is 241 g/mol. The van der Waals surface area contributed by atoms with Gasteiger partial charge in [-0.25, -0.2) is 4.98 Å². The van der Waals surface area contributed by atoms with Crippen LogP contribution in [0, 0.1) is 18.3 Å². The zero-order valence-electron chi connectivity index (χ0n) is 9.77. The molecule has 2 aromatic rings. The van der Waals surface area contributed by atoms with Crippen LogP contribution >= 0.6 is 0 Å². The number of nitriles is 1. The van der Waals surface area contributed by atoms with E-state index in [1.807, 2.05) is 31.2 Å². The van der Waals surface area contributed by atoms with Crippen molar-refractivity contribution in [2.24, 2.45) is 0 Å². The summed E-state index contributed by atoms with van der Waals surface area (Å²) in [4.78, 5) is 14.8. The summed E-state index contributed by atoms with van der Waals surface area (Å²) in [7, 11) is 0. The minimum Gasteiger partial charge on any atom is -0.480 e. The summed E-state index contributed by atoms with van der Waals surface area (Å²) in [5.74, 6) is -0.953. The third-order valence-corrected chi connectivity index (χ3v) is 2.51. The van der Waals surface area contributed by atoms with Gasteiger partial charge < -0.3 is 10.4 Å². The molecule has 2 N–H and O–H groups in total. The van der Waals surface area contributed by atoms with Gasteiger partial charge in [0.15, 0.2) is 0 Å². The first-order valence-corrected chi connectivity index (χ1v) is 5.37. The molecule has 0 amide bonds. The topological polar surface area (TPSA) is 86.0 Å². The predicted molar refractivity (Wildman–Crippen MR) is 67.3 cm³/mol. The lowest BCUT2D eigenvalue weighted by Crippen LogP contribution is -2.12. The van der Waals surface area contributed by atoms with Crippen molar-refractivity contribution in [2.45, 2.75) is 6.92 Å². The fourth-order valence-electron chi connectivity index (χ4n) is 1.71. The molecule has 0 bridgehead atoms. The van der Waals surface area contributed by atoms with E-state index in [1.165, 1.54) is 0 Å². The molecule has 1 aromatic heterocycles. The van der Waals surface area contributed by atoms with Crippen molar-refractivity contribution in [3.8, 4) is 6.07 Å². The third kappa shape index (κ3) is 2.38. The van der Waals surface area contributed by atoms with Gasteiger partial charge in [-0.2, -0.15) is 5.26 Å². The van der Waals surface area contributed by atoms with Crippen LogP contribution in [0.25, 0.3) is 10.9 Å². The molecule has 0 saturated carbocycles. The smallest absolute Gasteiger partial charge is 0.322 e. The van der Waals surface area contributed by atoms with E-state index in [0.29, 0.717) is 11.2 Å². The van der Waals surface area contributed by atoms with Crippen LogP contribution in [0.1, 0.15) is 11.3 Å². The number of anilines is 1. The van der Waals surface area contributed by atoms with Gasteiger partial charge in [0.25, 0.3) is 0 Å².